The molecule has 1 aliphatic carbocycles. The molecule has 0 fully saturated rings. The van der Waals surface area contributed by atoms with Crippen molar-refractivity contribution in [1.82, 2.24) is 5.43 Å². The number of nitrogens with one attached hydrogen (secondary N) is 1. The molecule has 0 spiro atoms. The lowest BCUT2D eigenvalue weighted by Gasteiger charge is -2.10. The van der Waals surface area contributed by atoms with Gasteiger partial charge < -0.3 is 0 Å². The number of aryl methyl sites for hydroxylation is 3. The molecule has 0 bridgehead atoms. The zero-order valence-corrected chi connectivity index (χ0v) is 16.3. The van der Waals surface area contributed by atoms with Crippen molar-refractivity contribution in [3.05, 3.63) is 74.8 Å². The van der Waals surface area contributed by atoms with Gasteiger partial charge in [0, 0.05) is 10.6 Å². The fourth-order valence-corrected chi connectivity index (χ4v) is 3.53. The summed E-state index contributed by atoms with van der Waals surface area (Å²) in [7, 11) is 0. The second kappa shape index (κ2) is 8.07. The number of benzene rings is 2. The molecule has 0 saturated heterocycles. The highest BCUT2D eigenvalue weighted by molar-refractivity contribution is 6.50. The van der Waals surface area contributed by atoms with Gasteiger partial charge >= 0.3 is 0 Å². The Balaban J connectivity index is 1.80. The summed E-state index contributed by atoms with van der Waals surface area (Å²) in [4.78, 5) is 12.1. The Morgan fingerprint density at radius 1 is 1.12 bits per heavy atom. The van der Waals surface area contributed by atoms with Crippen LogP contribution in [0.15, 0.2) is 47.1 Å². The van der Waals surface area contributed by atoms with Crippen molar-refractivity contribution in [2.24, 2.45) is 5.10 Å². The Labute approximate surface area is 163 Å². The first-order valence-electron chi connectivity index (χ1n) is 8.54. The highest BCUT2D eigenvalue weighted by atomic mass is 35.5. The number of halogens is 2. The van der Waals surface area contributed by atoms with Gasteiger partial charge in [0.05, 0.1) is 11.2 Å². The van der Waals surface area contributed by atoms with Gasteiger partial charge in [0.1, 0.15) is 0 Å². The minimum atomic E-state index is -0.305. The molecule has 0 saturated carbocycles. The van der Waals surface area contributed by atoms with Gasteiger partial charge in [-0.2, -0.15) is 5.10 Å². The normalized spacial score (nSPS) is 14.3. The first-order chi connectivity index (χ1) is 12.5. The summed E-state index contributed by atoms with van der Waals surface area (Å²) in [6.45, 7) is 4.20. The number of allylic oxidation sites excluding steroid dienone is 1. The molecule has 5 heteroatoms. The first kappa shape index (κ1) is 18.7. The van der Waals surface area contributed by atoms with Crippen LogP contribution < -0.4 is 5.43 Å². The van der Waals surface area contributed by atoms with Crippen molar-refractivity contribution >= 4 is 40.4 Å². The minimum Gasteiger partial charge on any atom is -0.267 e. The Hall–Kier alpha value is -2.10. The number of nitrogens with zero attached hydrogens (tertiary/aromatic N) is 1. The maximum Gasteiger partial charge on any atom is 0.271 e. The van der Waals surface area contributed by atoms with Crippen LogP contribution in [0.1, 0.15) is 45.5 Å². The second-order valence-corrected chi connectivity index (χ2v) is 7.31. The van der Waals surface area contributed by atoms with E-state index < -0.39 is 0 Å². The van der Waals surface area contributed by atoms with Crippen molar-refractivity contribution in [3.8, 4) is 0 Å². The number of hydrogen-bond acceptors (Lipinski definition) is 2. The molecule has 3 nitrogen and oxygen atoms in total. The highest BCUT2D eigenvalue weighted by Gasteiger charge is 2.16. The molecule has 1 aliphatic rings. The lowest BCUT2D eigenvalue weighted by Crippen LogP contribution is -2.17. The molecule has 0 aliphatic heterocycles. The average Bonchev–Trinajstić information content (AvgIpc) is 2.75. The van der Waals surface area contributed by atoms with Crippen LogP contribution in [0.2, 0.25) is 5.02 Å². The Bertz CT molecular complexity index is 916. The maximum absolute atomic E-state index is 12.1. The number of fused-ring (bicyclic) bond motifs is 1. The van der Waals surface area contributed by atoms with E-state index in [4.69, 9.17) is 23.2 Å². The van der Waals surface area contributed by atoms with Crippen LogP contribution >= 0.6 is 23.2 Å². The molecule has 0 unspecified atom stereocenters. The van der Waals surface area contributed by atoms with Crippen LogP contribution in [-0.4, -0.2) is 12.1 Å². The number of hydrogen-bond donors (Lipinski definition) is 1. The fourth-order valence-electron chi connectivity index (χ4n) is 3.02. The van der Waals surface area contributed by atoms with Crippen molar-refractivity contribution in [2.45, 2.75) is 33.1 Å². The van der Waals surface area contributed by atoms with Gasteiger partial charge in [-0.3, -0.25) is 4.79 Å². The van der Waals surface area contributed by atoms with E-state index in [-0.39, 0.29) is 5.91 Å². The number of rotatable bonds is 3. The maximum atomic E-state index is 12.1. The van der Waals surface area contributed by atoms with Gasteiger partial charge in [-0.15, -0.1) is 0 Å². The fraction of sp³-hybridized carbons (Fsp3) is 0.238. The molecule has 26 heavy (non-hydrogen) atoms. The Morgan fingerprint density at radius 2 is 1.88 bits per heavy atom. The third kappa shape index (κ3) is 4.17. The smallest absolute Gasteiger partial charge is 0.267 e. The molecule has 0 atom stereocenters. The summed E-state index contributed by atoms with van der Waals surface area (Å²) in [5.74, 6) is -0.305. The minimum absolute atomic E-state index is 0.305. The van der Waals surface area contributed by atoms with E-state index in [0.717, 1.165) is 30.4 Å². The molecule has 0 radical (unpaired) electrons. The van der Waals surface area contributed by atoms with E-state index in [2.05, 4.69) is 36.5 Å². The van der Waals surface area contributed by atoms with Gasteiger partial charge in [0.2, 0.25) is 0 Å². The van der Waals surface area contributed by atoms with Crippen molar-refractivity contribution < 1.29 is 4.79 Å². The summed E-state index contributed by atoms with van der Waals surface area (Å²) in [5.41, 5.74) is 8.76. The predicted molar refractivity (Wildman–Crippen MR) is 109 cm³/mol. The van der Waals surface area contributed by atoms with E-state index in [1.54, 1.807) is 30.5 Å². The highest BCUT2D eigenvalue weighted by Crippen LogP contribution is 2.33. The van der Waals surface area contributed by atoms with E-state index in [1.807, 2.05) is 0 Å². The van der Waals surface area contributed by atoms with Crippen LogP contribution in [0.5, 0.6) is 0 Å². The first-order valence-corrected chi connectivity index (χ1v) is 9.29. The van der Waals surface area contributed by atoms with E-state index in [0.29, 0.717) is 15.6 Å². The van der Waals surface area contributed by atoms with Crippen LogP contribution in [0.3, 0.4) is 0 Å². The van der Waals surface area contributed by atoms with Gasteiger partial charge in [-0.25, -0.2) is 5.43 Å². The average molecular weight is 387 g/mol. The number of carbonyl (C=O) groups excluding carboxylic acids is 1. The summed E-state index contributed by atoms with van der Waals surface area (Å²) >= 11 is 12.6. The molecule has 1 N–H and O–H groups in total. The van der Waals surface area contributed by atoms with E-state index >= 15 is 0 Å². The number of carbonyl (C=O) groups is 1. The summed E-state index contributed by atoms with van der Waals surface area (Å²) in [6, 6.07) is 11.1. The zero-order chi connectivity index (χ0) is 18.7. The van der Waals surface area contributed by atoms with Gasteiger partial charge in [-0.1, -0.05) is 35.3 Å². The van der Waals surface area contributed by atoms with Crippen LogP contribution in [0.4, 0.5) is 0 Å². The molecule has 2 aromatic carbocycles. The van der Waals surface area contributed by atoms with E-state index in [9.17, 15) is 4.79 Å². The predicted octanol–water partition coefficient (Wildman–Crippen LogP) is 5.66. The van der Waals surface area contributed by atoms with Gasteiger partial charge in [0.15, 0.2) is 0 Å². The third-order valence-electron chi connectivity index (χ3n) is 4.60. The molecule has 2 aromatic rings. The second-order valence-electron chi connectivity index (χ2n) is 6.50. The quantitative estimate of drug-likeness (QED) is 0.536. The summed E-state index contributed by atoms with van der Waals surface area (Å²) in [6.07, 6.45) is 4.45. The topological polar surface area (TPSA) is 41.5 Å². The van der Waals surface area contributed by atoms with Crippen LogP contribution in [-0.2, 0) is 6.42 Å². The van der Waals surface area contributed by atoms with Crippen molar-refractivity contribution in [1.29, 1.82) is 0 Å². The van der Waals surface area contributed by atoms with Crippen molar-refractivity contribution in [3.63, 3.8) is 0 Å². The molecule has 0 heterocycles. The largest absolute Gasteiger partial charge is 0.271 e. The molecule has 0 aromatic heterocycles. The molecule has 3 rings (SSSR count). The molecule has 134 valence electrons. The van der Waals surface area contributed by atoms with Crippen molar-refractivity contribution in [2.75, 3.05) is 0 Å². The Kier molecular flexibility index (Phi) is 5.80. The SMILES string of the molecule is Cc1cc2c(cc1C)C(Cl)=C(/C=N/NC(=O)c1cccc(Cl)c1)CCC2. The van der Waals surface area contributed by atoms with Gasteiger partial charge in [0.25, 0.3) is 5.91 Å². The molecular weight excluding hydrogens is 367 g/mol. The number of hydrazone groups is 1. The number of amides is 1. The summed E-state index contributed by atoms with van der Waals surface area (Å²) < 4.78 is 0. The summed E-state index contributed by atoms with van der Waals surface area (Å²) in [5, 5.41) is 5.32. The molecule has 1 amide bonds. The Morgan fingerprint density at radius 3 is 2.65 bits per heavy atom. The lowest BCUT2D eigenvalue weighted by molar-refractivity contribution is 0.0955. The van der Waals surface area contributed by atoms with Gasteiger partial charge in [-0.05, 0) is 85.2 Å². The van der Waals surface area contributed by atoms with E-state index in [1.165, 1.54) is 16.7 Å². The monoisotopic (exact) mass is 386 g/mol. The van der Waals surface area contributed by atoms with Crippen LogP contribution in [0, 0.1) is 13.8 Å². The van der Waals surface area contributed by atoms with Crippen LogP contribution in [0.25, 0.3) is 5.03 Å². The third-order valence-corrected chi connectivity index (χ3v) is 5.28. The lowest BCUT2D eigenvalue weighted by atomic mass is 9.98. The standard InChI is InChI=1S/C21H20Cl2N2O/c1-13-9-15-5-3-7-17(20(23)19(15)10-14(13)2)12-24-25-21(26)16-6-4-8-18(22)11-16/h4,6,8-12H,3,5,7H2,1-2H3,(H,25,26)/b24-12+. The molecular formula is C21H20Cl2N2O. The zero-order valence-electron chi connectivity index (χ0n) is 14.8.